The Hall–Kier alpha value is -2.67. The minimum Gasteiger partial charge on any atom is -0.494 e. The molecule has 0 aliphatic rings. The molecule has 0 bridgehead atoms. The predicted octanol–water partition coefficient (Wildman–Crippen LogP) is 3.75. The third-order valence-corrected chi connectivity index (χ3v) is 4.88. The van der Waals surface area contributed by atoms with Crippen molar-refractivity contribution in [1.82, 2.24) is 9.55 Å². The Bertz CT molecular complexity index is 976. The van der Waals surface area contributed by atoms with Crippen molar-refractivity contribution in [2.24, 2.45) is 0 Å². The zero-order valence-corrected chi connectivity index (χ0v) is 15.5. The summed E-state index contributed by atoms with van der Waals surface area (Å²) < 4.78 is 7.26. The van der Waals surface area contributed by atoms with Crippen molar-refractivity contribution in [3.8, 4) is 5.75 Å². The van der Waals surface area contributed by atoms with Gasteiger partial charge in [0, 0.05) is 17.8 Å². The van der Waals surface area contributed by atoms with Crippen molar-refractivity contribution in [3.63, 3.8) is 0 Å². The molecular formula is C19H20N2O4S. The molecule has 6 nitrogen and oxygen atoms in total. The Labute approximate surface area is 154 Å². The Morgan fingerprint density at radius 3 is 2.69 bits per heavy atom. The molecule has 0 aliphatic carbocycles. The number of carboxylic acid groups (broad SMARTS) is 1. The minimum absolute atomic E-state index is 0.0205. The van der Waals surface area contributed by atoms with Gasteiger partial charge < -0.3 is 9.84 Å². The number of ether oxygens (including phenoxy) is 1. The van der Waals surface area contributed by atoms with Crippen molar-refractivity contribution < 1.29 is 14.6 Å². The van der Waals surface area contributed by atoms with Crippen molar-refractivity contribution >= 4 is 27.5 Å². The van der Waals surface area contributed by atoms with E-state index in [1.165, 1.54) is 16.7 Å². The Morgan fingerprint density at radius 2 is 2.04 bits per heavy atom. The fourth-order valence-corrected chi connectivity index (χ4v) is 3.69. The van der Waals surface area contributed by atoms with E-state index in [1.807, 2.05) is 44.2 Å². The summed E-state index contributed by atoms with van der Waals surface area (Å²) in [6, 6.07) is 9.48. The second-order valence-electron chi connectivity index (χ2n) is 6.23. The molecule has 26 heavy (non-hydrogen) atoms. The largest absolute Gasteiger partial charge is 0.494 e. The van der Waals surface area contributed by atoms with Gasteiger partial charge in [0.05, 0.1) is 17.6 Å². The van der Waals surface area contributed by atoms with Crippen LogP contribution in [0.4, 0.5) is 0 Å². The highest BCUT2D eigenvalue weighted by Crippen LogP contribution is 2.24. The average molecular weight is 372 g/mol. The monoisotopic (exact) mass is 372 g/mol. The number of rotatable bonds is 7. The number of aromatic nitrogens is 2. The molecule has 0 saturated heterocycles. The highest BCUT2D eigenvalue weighted by molar-refractivity contribution is 7.17. The maximum atomic E-state index is 12.9. The van der Waals surface area contributed by atoms with Crippen LogP contribution in [0.15, 0.2) is 40.5 Å². The first-order valence-corrected chi connectivity index (χ1v) is 9.30. The van der Waals surface area contributed by atoms with Crippen molar-refractivity contribution in [1.29, 1.82) is 0 Å². The quantitative estimate of drug-likeness (QED) is 0.639. The first kappa shape index (κ1) is 18.1. The van der Waals surface area contributed by atoms with Crippen molar-refractivity contribution in [2.75, 3.05) is 6.61 Å². The maximum absolute atomic E-state index is 12.9. The second kappa shape index (κ2) is 7.70. The maximum Gasteiger partial charge on any atom is 0.337 e. The van der Waals surface area contributed by atoms with Crippen LogP contribution in [-0.4, -0.2) is 27.2 Å². The van der Waals surface area contributed by atoms with E-state index in [0.717, 1.165) is 5.75 Å². The van der Waals surface area contributed by atoms with Crippen LogP contribution in [-0.2, 0) is 6.54 Å². The molecule has 0 unspecified atom stereocenters. The Morgan fingerprint density at radius 1 is 1.31 bits per heavy atom. The highest BCUT2D eigenvalue weighted by atomic mass is 32.1. The molecule has 0 spiro atoms. The third-order valence-electron chi connectivity index (χ3n) is 4.01. The van der Waals surface area contributed by atoms with Gasteiger partial charge in [-0.05, 0) is 18.6 Å². The van der Waals surface area contributed by atoms with Crippen LogP contribution in [0.2, 0.25) is 0 Å². The summed E-state index contributed by atoms with van der Waals surface area (Å²) in [5, 5.41) is 11.0. The molecule has 0 amide bonds. The number of carboxylic acids is 1. The van der Waals surface area contributed by atoms with Crippen LogP contribution in [0.25, 0.3) is 10.2 Å². The topological polar surface area (TPSA) is 81.4 Å². The van der Waals surface area contributed by atoms with Crippen LogP contribution in [0.1, 0.15) is 42.4 Å². The summed E-state index contributed by atoms with van der Waals surface area (Å²) >= 11 is 1.19. The van der Waals surface area contributed by atoms with Crippen molar-refractivity contribution in [2.45, 2.75) is 32.7 Å². The number of para-hydroxylation sites is 1. The number of hydrogen-bond acceptors (Lipinski definition) is 5. The summed E-state index contributed by atoms with van der Waals surface area (Å²) in [5.74, 6) is 0.397. The summed E-state index contributed by atoms with van der Waals surface area (Å²) in [7, 11) is 0. The van der Waals surface area contributed by atoms with Gasteiger partial charge in [-0.25, -0.2) is 9.78 Å². The van der Waals surface area contributed by atoms with E-state index in [-0.39, 0.29) is 22.4 Å². The molecule has 0 radical (unpaired) electrons. The van der Waals surface area contributed by atoms with Gasteiger partial charge in [-0.1, -0.05) is 32.0 Å². The number of hydrogen-bond donors (Lipinski definition) is 1. The molecule has 2 aromatic heterocycles. The lowest BCUT2D eigenvalue weighted by Gasteiger charge is -2.15. The number of aromatic carboxylic acids is 1. The predicted molar refractivity (Wildman–Crippen MR) is 101 cm³/mol. The van der Waals surface area contributed by atoms with Gasteiger partial charge in [0.2, 0.25) is 0 Å². The fourth-order valence-electron chi connectivity index (χ4n) is 2.78. The average Bonchev–Trinajstić information content (AvgIpc) is 3.05. The molecule has 0 fully saturated rings. The van der Waals surface area contributed by atoms with Crippen LogP contribution >= 0.6 is 11.3 Å². The molecule has 2 heterocycles. The van der Waals surface area contributed by atoms with Gasteiger partial charge >= 0.3 is 5.97 Å². The van der Waals surface area contributed by atoms with E-state index >= 15 is 0 Å². The molecule has 3 aromatic rings. The second-order valence-corrected chi connectivity index (χ2v) is 7.09. The number of fused-ring (bicyclic) bond motifs is 1. The summed E-state index contributed by atoms with van der Waals surface area (Å²) in [4.78, 5) is 29.3. The first-order chi connectivity index (χ1) is 12.5. The molecule has 1 aromatic carbocycles. The number of benzene rings is 1. The van der Waals surface area contributed by atoms with Gasteiger partial charge in [-0.3, -0.25) is 9.36 Å². The lowest BCUT2D eigenvalue weighted by molar-refractivity contribution is 0.0699. The van der Waals surface area contributed by atoms with Gasteiger partial charge in [-0.15, -0.1) is 11.3 Å². The lowest BCUT2D eigenvalue weighted by Crippen LogP contribution is -2.27. The van der Waals surface area contributed by atoms with Gasteiger partial charge in [0.25, 0.3) is 5.56 Å². The summed E-state index contributed by atoms with van der Waals surface area (Å²) in [6.45, 7) is 4.82. The zero-order valence-electron chi connectivity index (χ0n) is 14.6. The van der Waals surface area contributed by atoms with E-state index in [1.54, 1.807) is 4.57 Å². The fraction of sp³-hybridized carbons (Fsp3) is 0.316. The van der Waals surface area contributed by atoms with E-state index < -0.39 is 5.97 Å². The first-order valence-electron chi connectivity index (χ1n) is 8.42. The van der Waals surface area contributed by atoms with Gasteiger partial charge in [0.1, 0.15) is 16.4 Å². The van der Waals surface area contributed by atoms with Gasteiger partial charge in [0.15, 0.2) is 0 Å². The number of nitrogens with zero attached hydrogens (tertiary/aromatic N) is 2. The molecule has 3 rings (SSSR count). The molecular weight excluding hydrogens is 352 g/mol. The molecule has 1 N–H and O–H groups in total. The van der Waals surface area contributed by atoms with Crippen LogP contribution in [0.5, 0.6) is 5.75 Å². The molecule has 0 aliphatic heterocycles. The van der Waals surface area contributed by atoms with E-state index in [4.69, 9.17) is 4.74 Å². The van der Waals surface area contributed by atoms with Crippen molar-refractivity contribution in [3.05, 3.63) is 57.5 Å². The molecule has 0 saturated carbocycles. The molecule has 7 heteroatoms. The minimum atomic E-state index is -1.11. The standard InChI is InChI=1S/C19H20N2O4S/c1-12(2)16-20-17-15(14(11-26-17)19(23)24)18(22)21(16)9-6-10-25-13-7-4-3-5-8-13/h3-5,7-8,11-12H,6,9-10H2,1-2H3,(H,23,24). The van der Waals surface area contributed by atoms with Crippen LogP contribution in [0.3, 0.4) is 0 Å². The molecule has 0 atom stereocenters. The Kier molecular flexibility index (Phi) is 5.37. The normalized spacial score (nSPS) is 11.2. The zero-order chi connectivity index (χ0) is 18.7. The number of carbonyl (C=O) groups is 1. The third kappa shape index (κ3) is 3.62. The summed E-state index contributed by atoms with van der Waals surface area (Å²) in [6.07, 6.45) is 0.619. The summed E-state index contributed by atoms with van der Waals surface area (Å²) in [5.41, 5.74) is -0.274. The SMILES string of the molecule is CC(C)c1nc2scc(C(=O)O)c2c(=O)n1CCCOc1ccccc1. The molecule has 136 valence electrons. The Balaban J connectivity index is 1.86. The smallest absolute Gasteiger partial charge is 0.337 e. The highest BCUT2D eigenvalue weighted by Gasteiger charge is 2.20. The van der Waals surface area contributed by atoms with Gasteiger partial charge in [-0.2, -0.15) is 0 Å². The van der Waals surface area contributed by atoms with E-state index in [0.29, 0.717) is 30.2 Å². The van der Waals surface area contributed by atoms with E-state index in [2.05, 4.69) is 4.98 Å². The van der Waals surface area contributed by atoms with Crippen LogP contribution < -0.4 is 10.3 Å². The lowest BCUT2D eigenvalue weighted by atomic mass is 10.1. The van der Waals surface area contributed by atoms with Crippen LogP contribution in [0, 0.1) is 0 Å². The van der Waals surface area contributed by atoms with E-state index in [9.17, 15) is 14.7 Å². The number of thiophene rings is 1.